The number of halogens is 2. The quantitative estimate of drug-likeness (QED) is 0.329. The molecule has 0 radical (unpaired) electrons. The zero-order valence-electron chi connectivity index (χ0n) is 16.1. The average molecular weight is 478 g/mol. The van der Waals surface area contributed by atoms with Gasteiger partial charge in [-0.1, -0.05) is 29.3 Å². The lowest BCUT2D eigenvalue weighted by Gasteiger charge is -2.11. The fraction of sp³-hybridized carbons (Fsp3) is 0.0556. The standard InChI is InChI=1S/C18H13Cl2N7O5/c1-9-2-4-11(7-13(9)20)23-16-15(27(31)32)17(22-8-21-16)24-25-18(28)10-3-5-12(19)14(6-10)26(29)30/h2-8H,1H3,(H,25,28)(H2,21,22,23,24). The molecule has 1 heterocycles. The van der Waals surface area contributed by atoms with Crippen LogP contribution in [0.25, 0.3) is 0 Å². The number of anilines is 3. The van der Waals surface area contributed by atoms with E-state index in [0.717, 1.165) is 18.0 Å². The van der Waals surface area contributed by atoms with E-state index < -0.39 is 27.1 Å². The van der Waals surface area contributed by atoms with Gasteiger partial charge in [0.2, 0.25) is 11.6 Å². The fourth-order valence-corrected chi connectivity index (χ4v) is 2.89. The highest BCUT2D eigenvalue weighted by Crippen LogP contribution is 2.32. The summed E-state index contributed by atoms with van der Waals surface area (Å²) in [6, 6.07) is 8.38. The van der Waals surface area contributed by atoms with Crippen molar-refractivity contribution in [3.8, 4) is 0 Å². The van der Waals surface area contributed by atoms with Crippen molar-refractivity contribution in [2.24, 2.45) is 0 Å². The second kappa shape index (κ2) is 9.41. The number of nitro groups is 2. The Bertz CT molecular complexity index is 1240. The van der Waals surface area contributed by atoms with Crippen molar-refractivity contribution < 1.29 is 14.6 Å². The van der Waals surface area contributed by atoms with Gasteiger partial charge in [0.05, 0.1) is 9.85 Å². The monoisotopic (exact) mass is 477 g/mol. The predicted molar refractivity (Wildman–Crippen MR) is 117 cm³/mol. The summed E-state index contributed by atoms with van der Waals surface area (Å²) in [4.78, 5) is 41.2. The van der Waals surface area contributed by atoms with Crippen LogP contribution in [0.3, 0.4) is 0 Å². The van der Waals surface area contributed by atoms with E-state index in [-0.39, 0.29) is 22.2 Å². The summed E-state index contributed by atoms with van der Waals surface area (Å²) in [5.74, 6) is -1.27. The van der Waals surface area contributed by atoms with Gasteiger partial charge in [0.1, 0.15) is 11.3 Å². The summed E-state index contributed by atoms with van der Waals surface area (Å²) < 4.78 is 0. The van der Waals surface area contributed by atoms with Crippen LogP contribution >= 0.6 is 23.2 Å². The second-order valence-electron chi connectivity index (χ2n) is 6.27. The molecule has 14 heteroatoms. The third kappa shape index (κ3) is 4.99. The first-order valence-corrected chi connectivity index (χ1v) is 9.46. The van der Waals surface area contributed by atoms with Crippen molar-refractivity contribution in [2.75, 3.05) is 10.7 Å². The van der Waals surface area contributed by atoms with Crippen LogP contribution in [0.5, 0.6) is 0 Å². The number of hydrogen-bond acceptors (Lipinski definition) is 9. The Labute approximate surface area is 189 Å². The maximum absolute atomic E-state index is 12.3. The van der Waals surface area contributed by atoms with Crippen molar-refractivity contribution in [1.29, 1.82) is 0 Å². The number of aryl methyl sites for hydroxylation is 1. The molecule has 1 amide bonds. The van der Waals surface area contributed by atoms with E-state index in [0.29, 0.717) is 10.7 Å². The highest BCUT2D eigenvalue weighted by atomic mass is 35.5. The van der Waals surface area contributed by atoms with E-state index in [4.69, 9.17) is 23.2 Å². The normalized spacial score (nSPS) is 10.3. The summed E-state index contributed by atoms with van der Waals surface area (Å²) in [6.07, 6.45) is 1.05. The highest BCUT2D eigenvalue weighted by molar-refractivity contribution is 6.32. The molecule has 1 aromatic heterocycles. The van der Waals surface area contributed by atoms with E-state index in [1.165, 1.54) is 12.1 Å². The number of carbonyl (C=O) groups excluding carboxylic acids is 1. The van der Waals surface area contributed by atoms with Gasteiger partial charge >= 0.3 is 5.69 Å². The molecular weight excluding hydrogens is 465 g/mol. The van der Waals surface area contributed by atoms with Gasteiger partial charge in [-0.2, -0.15) is 0 Å². The smallest absolute Gasteiger partial charge is 0.334 e. The van der Waals surface area contributed by atoms with Gasteiger partial charge in [-0.3, -0.25) is 35.9 Å². The average Bonchev–Trinajstić information content (AvgIpc) is 2.74. The Morgan fingerprint density at radius 2 is 1.69 bits per heavy atom. The molecule has 0 aliphatic carbocycles. The van der Waals surface area contributed by atoms with Crippen LogP contribution in [0.15, 0.2) is 42.7 Å². The van der Waals surface area contributed by atoms with Crippen molar-refractivity contribution >= 4 is 57.8 Å². The molecule has 0 bridgehead atoms. The molecule has 32 heavy (non-hydrogen) atoms. The van der Waals surface area contributed by atoms with E-state index in [1.807, 2.05) is 0 Å². The van der Waals surface area contributed by atoms with Gasteiger partial charge in [0.25, 0.3) is 11.6 Å². The molecule has 0 atom stereocenters. The zero-order chi connectivity index (χ0) is 23.4. The minimum atomic E-state index is -0.808. The van der Waals surface area contributed by atoms with Crippen LogP contribution in [-0.2, 0) is 0 Å². The molecular formula is C18H13Cl2N7O5. The topological polar surface area (TPSA) is 165 Å². The summed E-state index contributed by atoms with van der Waals surface area (Å²) in [5.41, 5.74) is 4.71. The number of nitrogens with zero attached hydrogens (tertiary/aromatic N) is 4. The first-order valence-electron chi connectivity index (χ1n) is 8.70. The Morgan fingerprint density at radius 3 is 2.34 bits per heavy atom. The van der Waals surface area contributed by atoms with Crippen molar-refractivity contribution in [2.45, 2.75) is 6.92 Å². The number of carbonyl (C=O) groups is 1. The van der Waals surface area contributed by atoms with Crippen LogP contribution in [-0.4, -0.2) is 25.7 Å². The number of benzene rings is 2. The SMILES string of the molecule is Cc1ccc(Nc2ncnc(NNC(=O)c3ccc(Cl)c([N+](=O)[O-])c3)c2[N+](=O)[O-])cc1Cl. The predicted octanol–water partition coefficient (Wildman–Crippen LogP) is 4.41. The number of nitro benzene ring substituents is 1. The van der Waals surface area contributed by atoms with Crippen molar-refractivity contribution in [3.63, 3.8) is 0 Å². The summed E-state index contributed by atoms with van der Waals surface area (Å²) in [5, 5.41) is 25.7. The maximum atomic E-state index is 12.3. The Kier molecular flexibility index (Phi) is 6.66. The molecule has 0 fully saturated rings. The van der Waals surface area contributed by atoms with E-state index in [9.17, 15) is 25.0 Å². The molecule has 164 valence electrons. The van der Waals surface area contributed by atoms with Gasteiger partial charge in [-0.25, -0.2) is 9.97 Å². The zero-order valence-corrected chi connectivity index (χ0v) is 17.6. The first kappa shape index (κ1) is 22.7. The summed E-state index contributed by atoms with van der Waals surface area (Å²) in [7, 11) is 0. The van der Waals surface area contributed by atoms with Crippen LogP contribution in [0, 0.1) is 27.2 Å². The second-order valence-corrected chi connectivity index (χ2v) is 7.08. The van der Waals surface area contributed by atoms with Crippen LogP contribution in [0.2, 0.25) is 10.0 Å². The molecule has 0 saturated carbocycles. The fourth-order valence-electron chi connectivity index (χ4n) is 2.52. The van der Waals surface area contributed by atoms with Crippen LogP contribution < -0.4 is 16.2 Å². The molecule has 0 spiro atoms. The number of hydrazine groups is 1. The molecule has 0 unspecified atom stereocenters. The number of nitrogens with one attached hydrogen (secondary N) is 3. The van der Waals surface area contributed by atoms with Crippen LogP contribution in [0.4, 0.5) is 28.7 Å². The van der Waals surface area contributed by atoms with Gasteiger partial charge in [0.15, 0.2) is 0 Å². The summed E-state index contributed by atoms with van der Waals surface area (Å²) >= 11 is 11.8. The van der Waals surface area contributed by atoms with E-state index in [2.05, 4.69) is 26.1 Å². The highest BCUT2D eigenvalue weighted by Gasteiger charge is 2.24. The lowest BCUT2D eigenvalue weighted by molar-refractivity contribution is -0.384. The molecule has 0 aliphatic heterocycles. The van der Waals surface area contributed by atoms with Crippen LogP contribution in [0.1, 0.15) is 15.9 Å². The Morgan fingerprint density at radius 1 is 0.969 bits per heavy atom. The molecule has 3 N–H and O–H groups in total. The maximum Gasteiger partial charge on any atom is 0.355 e. The summed E-state index contributed by atoms with van der Waals surface area (Å²) in [6.45, 7) is 1.80. The largest absolute Gasteiger partial charge is 0.355 e. The third-order valence-electron chi connectivity index (χ3n) is 4.14. The molecule has 0 saturated heterocycles. The molecule has 3 aromatic rings. The molecule has 2 aromatic carbocycles. The number of aromatic nitrogens is 2. The number of amides is 1. The van der Waals surface area contributed by atoms with Gasteiger partial charge in [-0.05, 0) is 36.8 Å². The lowest BCUT2D eigenvalue weighted by atomic mass is 10.2. The molecule has 12 nitrogen and oxygen atoms in total. The minimum Gasteiger partial charge on any atom is -0.334 e. The van der Waals surface area contributed by atoms with E-state index in [1.54, 1.807) is 25.1 Å². The minimum absolute atomic E-state index is 0.0991. The first-order chi connectivity index (χ1) is 15.2. The van der Waals surface area contributed by atoms with Gasteiger partial charge < -0.3 is 5.32 Å². The van der Waals surface area contributed by atoms with Crippen molar-refractivity contribution in [1.82, 2.24) is 15.4 Å². The van der Waals surface area contributed by atoms with Crippen molar-refractivity contribution in [3.05, 3.63) is 84.1 Å². The van der Waals surface area contributed by atoms with Gasteiger partial charge in [-0.15, -0.1) is 0 Å². The molecule has 0 aliphatic rings. The van der Waals surface area contributed by atoms with E-state index >= 15 is 0 Å². The van der Waals surface area contributed by atoms with Gasteiger partial charge in [0, 0.05) is 22.3 Å². The Hall–Kier alpha value is -4.03. The third-order valence-corrected chi connectivity index (χ3v) is 4.87. The molecule has 3 rings (SSSR count). The number of hydrogen-bond donors (Lipinski definition) is 3. The lowest BCUT2D eigenvalue weighted by Crippen LogP contribution is -2.30. The Balaban J connectivity index is 1.84. The number of rotatable bonds is 7.